The van der Waals surface area contributed by atoms with Crippen LogP contribution in [0.15, 0.2) is 0 Å². The van der Waals surface area contributed by atoms with Crippen LogP contribution in [0.2, 0.25) is 0 Å². The van der Waals surface area contributed by atoms with Crippen molar-refractivity contribution in [2.45, 2.75) is 90.3 Å². The highest BCUT2D eigenvalue weighted by Gasteiger charge is 2.59. The molecule has 0 amide bonds. The summed E-state index contributed by atoms with van der Waals surface area (Å²) < 4.78 is 0. The Morgan fingerprint density at radius 3 is 2.56 bits per heavy atom. The monoisotopic (exact) mass is 378 g/mol. The average Bonchev–Trinajstić information content (AvgIpc) is 3.05. The second-order valence-corrected chi connectivity index (χ2v) is 10.7. The van der Waals surface area contributed by atoms with Crippen LogP contribution in [0, 0.1) is 46.8 Å². The van der Waals surface area contributed by atoms with Gasteiger partial charge in [-0.25, -0.2) is 0 Å². The van der Waals surface area contributed by atoms with Crippen LogP contribution in [-0.2, 0) is 4.79 Å². The van der Waals surface area contributed by atoms with Crippen LogP contribution in [0.3, 0.4) is 0 Å². The van der Waals surface area contributed by atoms with Gasteiger partial charge in [0.15, 0.2) is 0 Å². The summed E-state index contributed by atoms with van der Waals surface area (Å²) in [5.41, 5.74) is 0.293. The number of rotatable bonds is 4. The highest BCUT2D eigenvalue weighted by Crippen LogP contribution is 2.64. The molecule has 10 unspecified atom stereocenters. The predicted molar refractivity (Wildman–Crippen MR) is 104 cm³/mol. The maximum Gasteiger partial charge on any atom is 0.303 e. The van der Waals surface area contributed by atoms with Crippen LogP contribution in [-0.4, -0.2) is 33.5 Å². The molecule has 4 aliphatic rings. The molecular formula is C23H38O4. The van der Waals surface area contributed by atoms with Crippen LogP contribution in [0.25, 0.3) is 0 Å². The first kappa shape index (κ1) is 19.7. The minimum absolute atomic E-state index is 0.172. The number of carboxylic acid groups (broad SMARTS) is 1. The number of aliphatic carboxylic acids is 1. The summed E-state index contributed by atoms with van der Waals surface area (Å²) in [6.45, 7) is 4.70. The van der Waals surface area contributed by atoms with E-state index < -0.39 is 5.97 Å². The summed E-state index contributed by atoms with van der Waals surface area (Å²) in [7, 11) is 0. The Labute approximate surface area is 163 Å². The zero-order valence-electron chi connectivity index (χ0n) is 17.0. The summed E-state index contributed by atoms with van der Waals surface area (Å²) in [6, 6.07) is 0. The van der Waals surface area contributed by atoms with Gasteiger partial charge in [0.25, 0.3) is 0 Å². The van der Waals surface area contributed by atoms with E-state index in [9.17, 15) is 15.0 Å². The van der Waals surface area contributed by atoms with Gasteiger partial charge < -0.3 is 15.3 Å². The van der Waals surface area contributed by atoms with E-state index in [2.05, 4.69) is 13.8 Å². The van der Waals surface area contributed by atoms with E-state index in [1.54, 1.807) is 0 Å². The Kier molecular flexibility index (Phi) is 5.35. The highest BCUT2D eigenvalue weighted by atomic mass is 16.4. The second-order valence-electron chi connectivity index (χ2n) is 10.7. The third-order valence-electron chi connectivity index (χ3n) is 9.57. The topological polar surface area (TPSA) is 77.8 Å². The van der Waals surface area contributed by atoms with Gasteiger partial charge in [-0.05, 0) is 105 Å². The maximum absolute atomic E-state index is 11.1. The van der Waals surface area contributed by atoms with Crippen LogP contribution in [0.4, 0.5) is 0 Å². The highest BCUT2D eigenvalue weighted by molar-refractivity contribution is 5.66. The van der Waals surface area contributed by atoms with E-state index in [0.29, 0.717) is 46.8 Å². The molecule has 3 N–H and O–H groups in total. The van der Waals surface area contributed by atoms with Crippen LogP contribution in [0.1, 0.15) is 78.1 Å². The van der Waals surface area contributed by atoms with Crippen molar-refractivity contribution in [3.05, 3.63) is 0 Å². The van der Waals surface area contributed by atoms with Gasteiger partial charge in [-0.3, -0.25) is 4.79 Å². The van der Waals surface area contributed by atoms with Gasteiger partial charge >= 0.3 is 5.97 Å². The molecule has 4 fully saturated rings. The molecular weight excluding hydrogens is 340 g/mol. The van der Waals surface area contributed by atoms with Crippen LogP contribution in [0.5, 0.6) is 0 Å². The van der Waals surface area contributed by atoms with Crippen molar-refractivity contribution < 1.29 is 20.1 Å². The molecule has 0 aromatic carbocycles. The van der Waals surface area contributed by atoms with Crippen molar-refractivity contribution in [2.24, 2.45) is 46.8 Å². The van der Waals surface area contributed by atoms with Crippen molar-refractivity contribution in [2.75, 3.05) is 0 Å². The van der Waals surface area contributed by atoms with E-state index >= 15 is 0 Å². The summed E-state index contributed by atoms with van der Waals surface area (Å²) in [6.07, 6.45) is 9.38. The van der Waals surface area contributed by atoms with Gasteiger partial charge in [0.05, 0.1) is 12.2 Å². The number of aliphatic hydroxyl groups excluding tert-OH is 2. The van der Waals surface area contributed by atoms with Crippen LogP contribution < -0.4 is 0 Å². The molecule has 4 rings (SSSR count). The Morgan fingerprint density at radius 2 is 1.81 bits per heavy atom. The van der Waals surface area contributed by atoms with E-state index in [0.717, 1.165) is 32.1 Å². The van der Waals surface area contributed by atoms with Crippen molar-refractivity contribution in [1.82, 2.24) is 0 Å². The number of carbonyl (C=O) groups is 1. The molecule has 27 heavy (non-hydrogen) atoms. The third kappa shape index (κ3) is 3.35. The molecule has 154 valence electrons. The van der Waals surface area contributed by atoms with E-state index in [4.69, 9.17) is 5.11 Å². The maximum atomic E-state index is 11.1. The lowest BCUT2D eigenvalue weighted by atomic mass is 9.46. The normalized spacial score (nSPS) is 50.4. The molecule has 0 heterocycles. The molecule has 4 heteroatoms. The van der Waals surface area contributed by atoms with E-state index in [-0.39, 0.29) is 18.6 Å². The number of carboxylic acids is 1. The summed E-state index contributed by atoms with van der Waals surface area (Å²) >= 11 is 0. The van der Waals surface area contributed by atoms with Gasteiger partial charge in [-0.2, -0.15) is 0 Å². The SMILES string of the molecule is CC(CCC(=O)O)C1CCC2C1CCC1C2C(O)CC2CC(O)CCC21C. The Balaban J connectivity index is 1.50. The first-order valence-corrected chi connectivity index (χ1v) is 11.4. The average molecular weight is 379 g/mol. The molecule has 4 nitrogen and oxygen atoms in total. The smallest absolute Gasteiger partial charge is 0.303 e. The Bertz CT molecular complexity index is 563. The zero-order valence-corrected chi connectivity index (χ0v) is 17.0. The van der Waals surface area contributed by atoms with Gasteiger partial charge in [-0.15, -0.1) is 0 Å². The fourth-order valence-electron chi connectivity index (χ4n) is 8.19. The van der Waals surface area contributed by atoms with Crippen molar-refractivity contribution in [1.29, 1.82) is 0 Å². The molecule has 4 saturated carbocycles. The molecule has 0 aliphatic heterocycles. The standard InChI is InChI=1S/C23H38O4/c1-13(3-8-21(26)27)16-4-5-18-17(16)6-7-19-22(18)20(25)12-14-11-15(24)9-10-23(14,19)2/h13-20,22,24-25H,3-12H2,1-2H3,(H,26,27). The number of fused-ring (bicyclic) bond motifs is 5. The minimum atomic E-state index is -0.679. The number of aliphatic hydroxyl groups is 2. The van der Waals surface area contributed by atoms with Crippen molar-refractivity contribution >= 4 is 5.97 Å². The number of hydrogen-bond donors (Lipinski definition) is 3. The van der Waals surface area contributed by atoms with Gasteiger partial charge in [0.2, 0.25) is 0 Å². The minimum Gasteiger partial charge on any atom is -0.481 e. The van der Waals surface area contributed by atoms with Crippen LogP contribution >= 0.6 is 0 Å². The van der Waals surface area contributed by atoms with Gasteiger partial charge in [0.1, 0.15) is 0 Å². The lowest BCUT2D eigenvalue weighted by Gasteiger charge is -2.60. The number of hydrogen-bond acceptors (Lipinski definition) is 3. The first-order chi connectivity index (χ1) is 12.8. The molecule has 0 spiro atoms. The van der Waals surface area contributed by atoms with Crippen molar-refractivity contribution in [3.8, 4) is 0 Å². The van der Waals surface area contributed by atoms with Crippen molar-refractivity contribution in [3.63, 3.8) is 0 Å². The lowest BCUT2D eigenvalue weighted by molar-refractivity contribution is -0.158. The Hall–Kier alpha value is -0.610. The molecule has 10 atom stereocenters. The van der Waals surface area contributed by atoms with E-state index in [1.165, 1.54) is 25.7 Å². The second kappa shape index (κ2) is 7.33. The first-order valence-electron chi connectivity index (χ1n) is 11.4. The third-order valence-corrected chi connectivity index (χ3v) is 9.57. The van der Waals surface area contributed by atoms with Gasteiger partial charge in [0, 0.05) is 6.42 Å². The quantitative estimate of drug-likeness (QED) is 0.688. The van der Waals surface area contributed by atoms with E-state index in [1.807, 2.05) is 0 Å². The zero-order chi connectivity index (χ0) is 19.3. The molecule has 0 aromatic heterocycles. The molecule has 0 radical (unpaired) electrons. The van der Waals surface area contributed by atoms with Gasteiger partial charge in [-0.1, -0.05) is 13.8 Å². The largest absolute Gasteiger partial charge is 0.481 e. The lowest BCUT2D eigenvalue weighted by Crippen LogP contribution is -2.56. The summed E-state index contributed by atoms with van der Waals surface area (Å²) in [5, 5.41) is 30.3. The summed E-state index contributed by atoms with van der Waals surface area (Å²) in [4.78, 5) is 11.0. The Morgan fingerprint density at radius 1 is 1.07 bits per heavy atom. The fraction of sp³-hybridized carbons (Fsp3) is 0.957. The fourth-order valence-corrected chi connectivity index (χ4v) is 8.19. The summed E-state index contributed by atoms with van der Waals surface area (Å²) in [5.74, 6) is 3.24. The predicted octanol–water partition coefficient (Wildman–Crippen LogP) is 4.09. The molecule has 4 aliphatic carbocycles. The molecule has 0 aromatic rings. The molecule has 0 saturated heterocycles. The molecule has 0 bridgehead atoms.